The van der Waals surface area contributed by atoms with Gasteiger partial charge < -0.3 is 16.4 Å². The zero-order valence-electron chi connectivity index (χ0n) is 11.2. The topological polar surface area (TPSA) is 72.3 Å². The van der Waals surface area contributed by atoms with E-state index < -0.39 is 11.7 Å². The van der Waals surface area contributed by atoms with Crippen LogP contribution in [-0.4, -0.2) is 19.0 Å². The number of halogens is 1. The molecule has 0 spiro atoms. The summed E-state index contributed by atoms with van der Waals surface area (Å²) in [6.07, 6.45) is 3.25. The van der Waals surface area contributed by atoms with Gasteiger partial charge in [-0.2, -0.15) is 0 Å². The zero-order chi connectivity index (χ0) is 14.0. The van der Waals surface area contributed by atoms with Crippen LogP contribution in [0.15, 0.2) is 12.1 Å². The number of benzene rings is 1. The largest absolute Gasteiger partial charge is 0.398 e. The Morgan fingerprint density at radius 3 is 2.58 bits per heavy atom. The van der Waals surface area contributed by atoms with Crippen molar-refractivity contribution in [2.75, 3.05) is 23.7 Å². The molecular weight excluding hydrogens is 245 g/mol. The third-order valence-electron chi connectivity index (χ3n) is 3.92. The maximum Gasteiger partial charge on any atom is 0.250 e. The molecule has 0 atom stereocenters. The summed E-state index contributed by atoms with van der Waals surface area (Å²) in [5, 5.41) is 0. The molecule has 0 unspecified atom stereocenters. The van der Waals surface area contributed by atoms with Crippen molar-refractivity contribution in [2.45, 2.75) is 26.2 Å². The molecule has 1 aliphatic rings. The molecule has 1 amide bonds. The van der Waals surface area contributed by atoms with E-state index in [2.05, 4.69) is 6.92 Å². The van der Waals surface area contributed by atoms with Crippen LogP contribution in [0.4, 0.5) is 15.8 Å². The van der Waals surface area contributed by atoms with Gasteiger partial charge in [-0.15, -0.1) is 0 Å². The van der Waals surface area contributed by atoms with Crippen LogP contribution in [-0.2, 0) is 0 Å². The van der Waals surface area contributed by atoms with Gasteiger partial charge in [0, 0.05) is 18.8 Å². The number of nitrogens with zero attached hydrogens (tertiary/aromatic N) is 1. The number of amides is 1. The van der Waals surface area contributed by atoms with Gasteiger partial charge in [-0.3, -0.25) is 4.79 Å². The Morgan fingerprint density at radius 2 is 2.05 bits per heavy atom. The molecule has 0 aromatic heterocycles. The number of hydrogen-bond donors (Lipinski definition) is 2. The molecule has 4 nitrogen and oxygen atoms in total. The molecule has 5 heteroatoms. The van der Waals surface area contributed by atoms with Gasteiger partial charge in [0.25, 0.3) is 5.91 Å². The summed E-state index contributed by atoms with van der Waals surface area (Å²) in [5.41, 5.74) is 11.6. The highest BCUT2D eigenvalue weighted by molar-refractivity contribution is 5.99. The van der Waals surface area contributed by atoms with Crippen molar-refractivity contribution in [3.63, 3.8) is 0 Å². The summed E-state index contributed by atoms with van der Waals surface area (Å²) in [7, 11) is 0. The number of nitrogens with two attached hydrogens (primary N) is 2. The average Bonchev–Trinajstić information content (AvgIpc) is 2.38. The molecule has 0 aliphatic carbocycles. The molecule has 0 saturated carbocycles. The molecule has 2 rings (SSSR count). The first-order valence-corrected chi connectivity index (χ1v) is 6.66. The molecule has 104 valence electrons. The van der Waals surface area contributed by atoms with Crippen molar-refractivity contribution in [1.29, 1.82) is 0 Å². The van der Waals surface area contributed by atoms with Crippen LogP contribution in [0.25, 0.3) is 0 Å². The lowest BCUT2D eigenvalue weighted by Crippen LogP contribution is -2.34. The van der Waals surface area contributed by atoms with E-state index in [1.165, 1.54) is 12.1 Å². The molecule has 0 bridgehead atoms. The molecule has 1 heterocycles. The van der Waals surface area contributed by atoms with Crippen LogP contribution in [0.3, 0.4) is 0 Å². The SMILES string of the molecule is CCC1CCN(c2cc(C(N)=O)c(N)cc2F)CC1. The van der Waals surface area contributed by atoms with E-state index in [-0.39, 0.29) is 11.3 Å². The smallest absolute Gasteiger partial charge is 0.250 e. The minimum absolute atomic E-state index is 0.0946. The summed E-state index contributed by atoms with van der Waals surface area (Å²) in [5.74, 6) is -0.302. The van der Waals surface area contributed by atoms with Crippen molar-refractivity contribution in [2.24, 2.45) is 11.7 Å². The van der Waals surface area contributed by atoms with E-state index >= 15 is 0 Å². The van der Waals surface area contributed by atoms with E-state index in [1.807, 2.05) is 4.90 Å². The summed E-state index contributed by atoms with van der Waals surface area (Å²) in [6.45, 7) is 3.78. The van der Waals surface area contributed by atoms with Gasteiger partial charge in [-0.05, 0) is 30.9 Å². The maximum atomic E-state index is 14.0. The highest BCUT2D eigenvalue weighted by Gasteiger charge is 2.22. The maximum absolute atomic E-state index is 14.0. The Hall–Kier alpha value is -1.78. The number of piperidine rings is 1. The summed E-state index contributed by atoms with van der Waals surface area (Å²) in [6, 6.07) is 2.65. The number of primary amides is 1. The fourth-order valence-corrected chi connectivity index (χ4v) is 2.62. The van der Waals surface area contributed by atoms with Gasteiger partial charge in [0.2, 0.25) is 0 Å². The van der Waals surface area contributed by atoms with Crippen LogP contribution in [0.2, 0.25) is 0 Å². The average molecular weight is 265 g/mol. The predicted octanol–water partition coefficient (Wildman–Crippen LogP) is 2.13. The van der Waals surface area contributed by atoms with Crippen molar-refractivity contribution in [1.82, 2.24) is 0 Å². The minimum atomic E-state index is -0.623. The van der Waals surface area contributed by atoms with Gasteiger partial charge in [-0.1, -0.05) is 13.3 Å². The van der Waals surface area contributed by atoms with E-state index in [9.17, 15) is 9.18 Å². The van der Waals surface area contributed by atoms with Crippen LogP contribution < -0.4 is 16.4 Å². The first-order chi connectivity index (χ1) is 9.02. The van der Waals surface area contributed by atoms with Crippen molar-refractivity contribution >= 4 is 17.3 Å². The Balaban J connectivity index is 2.25. The van der Waals surface area contributed by atoms with E-state index in [1.54, 1.807) is 0 Å². The second kappa shape index (κ2) is 5.47. The van der Waals surface area contributed by atoms with Crippen LogP contribution in [0, 0.1) is 11.7 Å². The lowest BCUT2D eigenvalue weighted by Gasteiger charge is -2.33. The standard InChI is InChI=1S/C14H20FN3O/c1-2-9-3-5-18(6-4-9)13-7-10(14(17)19)12(16)8-11(13)15/h7-9H,2-6,16H2,1H3,(H2,17,19). The monoisotopic (exact) mass is 265 g/mol. The summed E-state index contributed by atoms with van der Waals surface area (Å²) >= 11 is 0. The van der Waals surface area contributed by atoms with E-state index in [4.69, 9.17) is 11.5 Å². The second-order valence-electron chi connectivity index (χ2n) is 5.09. The quantitative estimate of drug-likeness (QED) is 0.822. The van der Waals surface area contributed by atoms with Gasteiger partial charge in [0.1, 0.15) is 5.82 Å². The Labute approximate surface area is 112 Å². The molecule has 4 N–H and O–H groups in total. The second-order valence-corrected chi connectivity index (χ2v) is 5.09. The number of hydrogen-bond acceptors (Lipinski definition) is 3. The number of carbonyl (C=O) groups excluding carboxylic acids is 1. The highest BCUT2D eigenvalue weighted by Crippen LogP contribution is 2.29. The number of anilines is 2. The van der Waals surface area contributed by atoms with Crippen molar-refractivity contribution in [3.05, 3.63) is 23.5 Å². The molecule has 1 aliphatic heterocycles. The molecule has 0 radical (unpaired) electrons. The summed E-state index contributed by atoms with van der Waals surface area (Å²) < 4.78 is 14.0. The normalized spacial score (nSPS) is 16.6. The third-order valence-corrected chi connectivity index (χ3v) is 3.92. The third kappa shape index (κ3) is 2.80. The summed E-state index contributed by atoms with van der Waals surface area (Å²) in [4.78, 5) is 13.2. The van der Waals surface area contributed by atoms with Crippen molar-refractivity contribution in [3.8, 4) is 0 Å². The Kier molecular flexibility index (Phi) is 3.93. The van der Waals surface area contributed by atoms with Gasteiger partial charge in [-0.25, -0.2) is 4.39 Å². The molecule has 1 fully saturated rings. The lowest BCUT2D eigenvalue weighted by atomic mass is 9.94. The molecule has 19 heavy (non-hydrogen) atoms. The number of carbonyl (C=O) groups is 1. The molecule has 1 aromatic rings. The molecular formula is C14H20FN3O. The van der Waals surface area contributed by atoms with Gasteiger partial charge >= 0.3 is 0 Å². The van der Waals surface area contributed by atoms with Crippen LogP contribution in [0.1, 0.15) is 36.5 Å². The van der Waals surface area contributed by atoms with Crippen LogP contribution in [0.5, 0.6) is 0 Å². The van der Waals surface area contributed by atoms with Crippen LogP contribution >= 0.6 is 0 Å². The number of rotatable bonds is 3. The zero-order valence-corrected chi connectivity index (χ0v) is 11.2. The fraction of sp³-hybridized carbons (Fsp3) is 0.500. The first kappa shape index (κ1) is 13.6. The minimum Gasteiger partial charge on any atom is -0.398 e. The molecule has 1 saturated heterocycles. The van der Waals surface area contributed by atoms with Gasteiger partial charge in [0.15, 0.2) is 0 Å². The lowest BCUT2D eigenvalue weighted by molar-refractivity contribution is 0.100. The Bertz CT molecular complexity index is 482. The predicted molar refractivity (Wildman–Crippen MR) is 74.6 cm³/mol. The first-order valence-electron chi connectivity index (χ1n) is 6.66. The van der Waals surface area contributed by atoms with E-state index in [0.717, 1.165) is 32.4 Å². The number of nitrogen functional groups attached to an aromatic ring is 1. The fourth-order valence-electron chi connectivity index (χ4n) is 2.62. The molecule has 1 aromatic carbocycles. The highest BCUT2D eigenvalue weighted by atomic mass is 19.1. The van der Waals surface area contributed by atoms with Crippen molar-refractivity contribution < 1.29 is 9.18 Å². The van der Waals surface area contributed by atoms with Gasteiger partial charge in [0.05, 0.1) is 11.3 Å². The van der Waals surface area contributed by atoms with E-state index in [0.29, 0.717) is 11.6 Å². The Morgan fingerprint density at radius 1 is 1.42 bits per heavy atom.